The van der Waals surface area contributed by atoms with Crippen LogP contribution in [0.25, 0.3) is 33.4 Å². The van der Waals surface area contributed by atoms with Crippen LogP contribution in [0, 0.1) is 0 Å². The van der Waals surface area contributed by atoms with Crippen LogP contribution in [0.2, 0.25) is 0 Å². The third-order valence-corrected chi connectivity index (χ3v) is 19.8. The summed E-state index contributed by atoms with van der Waals surface area (Å²) in [5.74, 6) is 1.39. The second kappa shape index (κ2) is 22.2. The number of fused-ring (bicyclic) bond motifs is 8. The van der Waals surface area contributed by atoms with E-state index in [4.69, 9.17) is 4.74 Å². The topological polar surface area (TPSA) is 22.2 Å². The molecule has 0 aliphatic carbocycles. The summed E-state index contributed by atoms with van der Waals surface area (Å²) in [6, 6.07) is 124. The molecular formula is C86H58N4OS. The van der Waals surface area contributed by atoms with Gasteiger partial charge in [0, 0.05) is 83.8 Å². The Morgan fingerprint density at radius 1 is 0.261 bits per heavy atom. The molecule has 14 aromatic carbocycles. The number of nitrogens with zero attached hydrogens (tertiary/aromatic N) is 4. The number of benzene rings is 14. The van der Waals surface area contributed by atoms with Gasteiger partial charge in [0.15, 0.2) is 0 Å². The molecule has 18 rings (SSSR count). The van der Waals surface area contributed by atoms with Crippen molar-refractivity contribution < 1.29 is 4.74 Å². The molecule has 0 fully saturated rings. The average Bonchev–Trinajstić information content (AvgIpc) is 0.696. The molecule has 5 nitrogen and oxygen atoms in total. The van der Waals surface area contributed by atoms with Crippen LogP contribution >= 0.6 is 11.8 Å². The van der Waals surface area contributed by atoms with E-state index >= 15 is 0 Å². The van der Waals surface area contributed by atoms with E-state index in [0.29, 0.717) is 0 Å². The molecule has 4 aliphatic heterocycles. The first-order chi connectivity index (χ1) is 45.7. The lowest BCUT2D eigenvalue weighted by atomic mass is 9.74. The van der Waals surface area contributed by atoms with Gasteiger partial charge in [-0.2, -0.15) is 0 Å². The van der Waals surface area contributed by atoms with Gasteiger partial charge >= 0.3 is 0 Å². The first-order valence-corrected chi connectivity index (χ1v) is 32.4. The molecule has 2 atom stereocenters. The minimum atomic E-state index is -0.174. The highest BCUT2D eigenvalue weighted by Crippen LogP contribution is 2.66. The smallest absolute Gasteiger partial charge is 0.135 e. The molecule has 0 amide bonds. The van der Waals surface area contributed by atoms with Crippen LogP contribution in [-0.4, -0.2) is 0 Å². The lowest BCUT2D eigenvalue weighted by molar-refractivity contribution is 0.452. The Morgan fingerprint density at radius 3 is 1.29 bits per heavy atom. The number of para-hydroxylation sites is 8. The Kier molecular flexibility index (Phi) is 12.9. The average molecular weight is 1200 g/mol. The third-order valence-electron chi connectivity index (χ3n) is 18.7. The van der Waals surface area contributed by atoms with E-state index in [-0.39, 0.29) is 11.8 Å². The van der Waals surface area contributed by atoms with Crippen LogP contribution in [-0.2, 0) is 0 Å². The maximum atomic E-state index is 7.33. The van der Waals surface area contributed by atoms with Gasteiger partial charge in [0.25, 0.3) is 0 Å². The Morgan fingerprint density at radius 2 is 0.696 bits per heavy atom. The standard InChI is InChI=1S/C86H58N4OS/c1-7-29-57(30-8-1)65-41-19-24-46-72(65)88(62-39-17-6-18-40-62)64-52-78-86-82(54-64)92-81-56-76-70(55-71(81)83(86)68-44-22-27-49-75(68)89(78)73-47-25-20-42-66(73)58-31-9-2-10-32-58)84-69-45-23-28-50-79(69)91-80-53-63(87(60-35-13-4-14-36-60)61-37-15-5-16-38-61)51-77(85(80)84)90(76)74-48-26-21-43-67(74)59-33-11-3-12-34-59/h1-56,83-84H. The van der Waals surface area contributed by atoms with Gasteiger partial charge in [-0.15, -0.1) is 0 Å². The molecule has 434 valence electrons. The summed E-state index contributed by atoms with van der Waals surface area (Å²) >= 11 is 1.90. The fourth-order valence-corrected chi connectivity index (χ4v) is 16.0. The van der Waals surface area contributed by atoms with Crippen molar-refractivity contribution in [2.75, 3.05) is 19.6 Å². The quantitative estimate of drug-likeness (QED) is 0.128. The predicted octanol–water partition coefficient (Wildman–Crippen LogP) is 24.1. The van der Waals surface area contributed by atoms with Crippen molar-refractivity contribution in [3.8, 4) is 44.9 Å². The molecule has 0 saturated carbocycles. The summed E-state index contributed by atoms with van der Waals surface area (Å²) in [6.45, 7) is 0. The van der Waals surface area contributed by atoms with Gasteiger partial charge < -0.3 is 24.3 Å². The van der Waals surface area contributed by atoms with Crippen molar-refractivity contribution in [3.63, 3.8) is 0 Å². The van der Waals surface area contributed by atoms with E-state index in [1.165, 1.54) is 32.0 Å². The predicted molar refractivity (Wildman–Crippen MR) is 380 cm³/mol. The van der Waals surface area contributed by atoms with Crippen molar-refractivity contribution in [1.29, 1.82) is 0 Å². The second-order valence-electron chi connectivity index (χ2n) is 23.9. The lowest BCUT2D eigenvalue weighted by Crippen LogP contribution is -2.28. The number of hydrogen-bond acceptors (Lipinski definition) is 6. The van der Waals surface area contributed by atoms with Crippen LogP contribution in [0.15, 0.2) is 350 Å². The van der Waals surface area contributed by atoms with Gasteiger partial charge in [-0.05, 0) is 124 Å². The molecule has 0 bridgehead atoms. The van der Waals surface area contributed by atoms with Gasteiger partial charge in [0.1, 0.15) is 11.5 Å². The molecule has 0 saturated heterocycles. The van der Waals surface area contributed by atoms with Crippen molar-refractivity contribution in [1.82, 2.24) is 0 Å². The molecule has 6 heteroatoms. The Labute approximate surface area is 540 Å². The molecule has 0 N–H and O–H groups in total. The monoisotopic (exact) mass is 1190 g/mol. The van der Waals surface area contributed by atoms with E-state index in [9.17, 15) is 0 Å². The fourth-order valence-electron chi connectivity index (χ4n) is 14.8. The SMILES string of the molecule is c1ccc(-c2ccccc2N(c2ccccc2)c2cc3c4c(c2)N(c2ccccc2-c2ccccc2)c2ccccc2C4c2cc4c(cc2S3)N(c2ccccc2-c2ccccc2)c2cc(N(c3ccccc3)c3ccccc3)cc3c2C4c2ccccc2O3)cc1. The fraction of sp³-hybridized carbons (Fsp3) is 0.0233. The highest BCUT2D eigenvalue weighted by Gasteiger charge is 2.45. The Bertz CT molecular complexity index is 5100. The lowest BCUT2D eigenvalue weighted by Gasteiger charge is -2.45. The zero-order chi connectivity index (χ0) is 60.6. The van der Waals surface area contributed by atoms with Gasteiger partial charge in [-0.3, -0.25) is 0 Å². The van der Waals surface area contributed by atoms with Gasteiger partial charge in [-0.1, -0.05) is 254 Å². The normalized spacial score (nSPS) is 14.3. The van der Waals surface area contributed by atoms with Crippen LogP contribution in [0.4, 0.5) is 68.2 Å². The molecule has 4 aliphatic rings. The van der Waals surface area contributed by atoms with Crippen molar-refractivity contribution in [2.24, 2.45) is 0 Å². The molecule has 0 radical (unpaired) electrons. The second-order valence-corrected chi connectivity index (χ2v) is 25.0. The van der Waals surface area contributed by atoms with Gasteiger partial charge in [-0.25, -0.2) is 0 Å². The number of rotatable bonds is 11. The zero-order valence-electron chi connectivity index (χ0n) is 50.1. The highest BCUT2D eigenvalue weighted by atomic mass is 32.2. The molecule has 92 heavy (non-hydrogen) atoms. The minimum Gasteiger partial charge on any atom is -0.457 e. The Balaban J connectivity index is 0.923. The Hall–Kier alpha value is -11.6. The van der Waals surface area contributed by atoms with Gasteiger partial charge in [0.05, 0.1) is 45.5 Å². The van der Waals surface area contributed by atoms with Crippen LogP contribution in [0.3, 0.4) is 0 Å². The van der Waals surface area contributed by atoms with Crippen LogP contribution in [0.1, 0.15) is 45.2 Å². The summed E-state index contributed by atoms with van der Waals surface area (Å²) in [5, 5.41) is 0. The van der Waals surface area contributed by atoms with Crippen LogP contribution in [0.5, 0.6) is 11.5 Å². The molecule has 14 aromatic rings. The van der Waals surface area contributed by atoms with E-state index in [0.717, 1.165) is 124 Å². The first-order valence-electron chi connectivity index (χ1n) is 31.5. The largest absolute Gasteiger partial charge is 0.457 e. The first kappa shape index (κ1) is 53.5. The van der Waals surface area contributed by atoms with Crippen molar-refractivity contribution in [3.05, 3.63) is 373 Å². The summed E-state index contributed by atoms with van der Waals surface area (Å²) in [4.78, 5) is 12.4. The van der Waals surface area contributed by atoms with Crippen LogP contribution < -0.4 is 24.3 Å². The maximum absolute atomic E-state index is 7.33. The molecule has 0 aromatic heterocycles. The number of ether oxygens (including phenoxy) is 1. The third kappa shape index (κ3) is 8.78. The minimum absolute atomic E-state index is 0.137. The van der Waals surface area contributed by atoms with E-state index < -0.39 is 0 Å². The molecular weight excluding hydrogens is 1140 g/mol. The summed E-state index contributed by atoms with van der Waals surface area (Å²) in [5.41, 5.74) is 27.3. The maximum Gasteiger partial charge on any atom is 0.135 e. The summed E-state index contributed by atoms with van der Waals surface area (Å²) < 4.78 is 7.33. The van der Waals surface area contributed by atoms with Crippen molar-refractivity contribution in [2.45, 2.75) is 21.6 Å². The van der Waals surface area contributed by atoms with E-state index in [2.05, 4.69) is 359 Å². The molecule has 2 unspecified atom stereocenters. The molecule has 4 heterocycles. The van der Waals surface area contributed by atoms with E-state index in [1.807, 2.05) is 11.8 Å². The number of anilines is 12. The van der Waals surface area contributed by atoms with Crippen molar-refractivity contribution >= 4 is 80.0 Å². The summed E-state index contributed by atoms with van der Waals surface area (Å²) in [7, 11) is 0. The van der Waals surface area contributed by atoms with E-state index in [1.54, 1.807) is 0 Å². The zero-order valence-corrected chi connectivity index (χ0v) is 50.9. The highest BCUT2D eigenvalue weighted by molar-refractivity contribution is 7.99. The number of hydrogen-bond donors (Lipinski definition) is 0. The van der Waals surface area contributed by atoms with Gasteiger partial charge in [0.2, 0.25) is 0 Å². The summed E-state index contributed by atoms with van der Waals surface area (Å²) in [6.07, 6.45) is 0. The molecule has 0 spiro atoms.